The molecule has 2 aliphatic heterocycles. The summed E-state index contributed by atoms with van der Waals surface area (Å²) in [6, 6.07) is 0.762. The van der Waals surface area contributed by atoms with E-state index in [1.54, 1.807) is 0 Å². The highest BCUT2D eigenvalue weighted by Crippen LogP contribution is 2.38. The minimum absolute atomic E-state index is 0.204. The number of likely N-dealkylation sites (tertiary alicyclic amines) is 1. The summed E-state index contributed by atoms with van der Waals surface area (Å²) in [5, 5.41) is 0. The molecular weight excluding hydrogens is 226 g/mol. The number of carbonyl (C=O) groups excluding carboxylic acids is 1. The smallest absolute Gasteiger partial charge is 0.129 e. The zero-order valence-electron chi connectivity index (χ0n) is 11.3. The SMILES string of the molecule is O=CC1(CN2CCC3CCCCC32)CCCOC1. The zero-order chi connectivity index (χ0) is 12.4. The maximum Gasteiger partial charge on any atom is 0.129 e. The Bertz CT molecular complexity index is 299. The molecule has 3 unspecified atom stereocenters. The molecule has 0 aromatic carbocycles. The molecule has 3 nitrogen and oxygen atoms in total. The van der Waals surface area contributed by atoms with E-state index in [2.05, 4.69) is 4.90 Å². The van der Waals surface area contributed by atoms with Gasteiger partial charge in [0.15, 0.2) is 0 Å². The van der Waals surface area contributed by atoms with E-state index in [1.807, 2.05) is 0 Å². The van der Waals surface area contributed by atoms with Crippen LogP contribution >= 0.6 is 0 Å². The van der Waals surface area contributed by atoms with Crippen molar-refractivity contribution in [3.63, 3.8) is 0 Å². The molecule has 3 aliphatic rings. The highest BCUT2D eigenvalue weighted by Gasteiger charge is 2.41. The molecule has 3 atom stereocenters. The first kappa shape index (κ1) is 12.6. The standard InChI is InChI=1S/C15H25NO2/c17-11-15(7-3-9-18-12-15)10-16-8-6-13-4-1-2-5-14(13)16/h11,13-14H,1-10,12H2. The fourth-order valence-electron chi connectivity index (χ4n) is 4.23. The van der Waals surface area contributed by atoms with Gasteiger partial charge in [0, 0.05) is 19.2 Å². The molecule has 2 heterocycles. The molecule has 2 saturated heterocycles. The van der Waals surface area contributed by atoms with E-state index < -0.39 is 0 Å². The van der Waals surface area contributed by atoms with E-state index in [4.69, 9.17) is 4.74 Å². The maximum atomic E-state index is 11.5. The summed E-state index contributed by atoms with van der Waals surface area (Å²) in [6.45, 7) is 3.62. The van der Waals surface area contributed by atoms with Crippen LogP contribution in [-0.2, 0) is 9.53 Å². The van der Waals surface area contributed by atoms with Gasteiger partial charge >= 0.3 is 0 Å². The Labute approximate surface area is 110 Å². The first-order valence-electron chi connectivity index (χ1n) is 7.61. The number of hydrogen-bond donors (Lipinski definition) is 0. The van der Waals surface area contributed by atoms with Gasteiger partial charge in [0.25, 0.3) is 0 Å². The predicted octanol–water partition coefficient (Wildman–Crippen LogP) is 2.25. The van der Waals surface area contributed by atoms with Crippen LogP contribution in [0.2, 0.25) is 0 Å². The van der Waals surface area contributed by atoms with Crippen molar-refractivity contribution in [1.29, 1.82) is 0 Å². The summed E-state index contributed by atoms with van der Waals surface area (Å²) in [5.41, 5.74) is -0.204. The van der Waals surface area contributed by atoms with Gasteiger partial charge in [-0.1, -0.05) is 12.8 Å². The van der Waals surface area contributed by atoms with Crippen molar-refractivity contribution in [2.75, 3.05) is 26.3 Å². The zero-order valence-corrected chi connectivity index (χ0v) is 11.3. The molecule has 0 aromatic heterocycles. The Morgan fingerprint density at radius 1 is 1.22 bits per heavy atom. The maximum absolute atomic E-state index is 11.5. The fraction of sp³-hybridized carbons (Fsp3) is 0.933. The van der Waals surface area contributed by atoms with Gasteiger partial charge in [-0.05, 0) is 44.6 Å². The Balaban J connectivity index is 1.65. The molecular formula is C15H25NO2. The second-order valence-corrected chi connectivity index (χ2v) is 6.51. The number of fused-ring (bicyclic) bond motifs is 1. The van der Waals surface area contributed by atoms with Crippen LogP contribution in [0, 0.1) is 11.3 Å². The van der Waals surface area contributed by atoms with Crippen LogP contribution in [0.15, 0.2) is 0 Å². The van der Waals surface area contributed by atoms with Gasteiger partial charge in [-0.2, -0.15) is 0 Å². The van der Waals surface area contributed by atoms with Crippen LogP contribution in [0.4, 0.5) is 0 Å². The van der Waals surface area contributed by atoms with Crippen LogP contribution in [0.1, 0.15) is 44.9 Å². The van der Waals surface area contributed by atoms with Gasteiger partial charge in [0.1, 0.15) is 6.29 Å². The normalized spacial score (nSPS) is 41.6. The van der Waals surface area contributed by atoms with Gasteiger partial charge in [0.05, 0.1) is 12.0 Å². The lowest BCUT2D eigenvalue weighted by atomic mass is 9.81. The highest BCUT2D eigenvalue weighted by atomic mass is 16.5. The second-order valence-electron chi connectivity index (χ2n) is 6.51. The molecule has 102 valence electrons. The van der Waals surface area contributed by atoms with Crippen molar-refractivity contribution in [2.45, 2.75) is 51.0 Å². The minimum Gasteiger partial charge on any atom is -0.380 e. The summed E-state index contributed by atoms with van der Waals surface area (Å²) in [7, 11) is 0. The van der Waals surface area contributed by atoms with Gasteiger partial charge in [-0.15, -0.1) is 0 Å². The molecule has 1 aliphatic carbocycles. The summed E-state index contributed by atoms with van der Waals surface area (Å²) >= 11 is 0. The van der Waals surface area contributed by atoms with Gasteiger partial charge < -0.3 is 9.53 Å². The third-order valence-electron chi connectivity index (χ3n) is 5.25. The lowest BCUT2D eigenvalue weighted by molar-refractivity contribution is -0.126. The highest BCUT2D eigenvalue weighted by molar-refractivity contribution is 5.60. The van der Waals surface area contributed by atoms with Crippen LogP contribution in [-0.4, -0.2) is 43.5 Å². The van der Waals surface area contributed by atoms with Crippen LogP contribution in [0.3, 0.4) is 0 Å². The summed E-state index contributed by atoms with van der Waals surface area (Å²) < 4.78 is 5.56. The molecule has 18 heavy (non-hydrogen) atoms. The molecule has 0 spiro atoms. The fourth-order valence-corrected chi connectivity index (χ4v) is 4.23. The lowest BCUT2D eigenvalue weighted by Gasteiger charge is -2.39. The van der Waals surface area contributed by atoms with Crippen molar-refractivity contribution in [3.8, 4) is 0 Å². The van der Waals surface area contributed by atoms with E-state index in [0.29, 0.717) is 6.61 Å². The Hall–Kier alpha value is -0.410. The van der Waals surface area contributed by atoms with E-state index in [-0.39, 0.29) is 5.41 Å². The number of nitrogens with zero attached hydrogens (tertiary/aromatic N) is 1. The van der Waals surface area contributed by atoms with E-state index in [9.17, 15) is 4.79 Å². The van der Waals surface area contributed by atoms with Crippen molar-refractivity contribution < 1.29 is 9.53 Å². The Morgan fingerprint density at radius 3 is 2.89 bits per heavy atom. The Kier molecular flexibility index (Phi) is 3.71. The molecule has 3 heteroatoms. The first-order chi connectivity index (χ1) is 8.83. The average molecular weight is 251 g/mol. The second kappa shape index (κ2) is 5.30. The monoisotopic (exact) mass is 251 g/mol. The number of aldehydes is 1. The Morgan fingerprint density at radius 2 is 2.11 bits per heavy atom. The first-order valence-corrected chi connectivity index (χ1v) is 7.61. The molecule has 0 radical (unpaired) electrons. The third kappa shape index (κ3) is 2.35. The largest absolute Gasteiger partial charge is 0.380 e. The number of rotatable bonds is 3. The van der Waals surface area contributed by atoms with E-state index in [1.165, 1.54) is 44.9 Å². The number of hydrogen-bond acceptors (Lipinski definition) is 3. The summed E-state index contributed by atoms with van der Waals surface area (Å²) in [6.07, 6.45) is 10.1. The summed E-state index contributed by atoms with van der Waals surface area (Å²) in [5.74, 6) is 0.909. The number of ether oxygens (including phenoxy) is 1. The van der Waals surface area contributed by atoms with E-state index >= 15 is 0 Å². The van der Waals surface area contributed by atoms with Gasteiger partial charge in [-0.25, -0.2) is 0 Å². The van der Waals surface area contributed by atoms with Crippen molar-refractivity contribution >= 4 is 6.29 Å². The topological polar surface area (TPSA) is 29.5 Å². The summed E-state index contributed by atoms with van der Waals surface area (Å²) in [4.78, 5) is 14.1. The average Bonchev–Trinajstić information content (AvgIpc) is 2.83. The van der Waals surface area contributed by atoms with Crippen molar-refractivity contribution in [2.24, 2.45) is 11.3 Å². The van der Waals surface area contributed by atoms with Crippen LogP contribution in [0.5, 0.6) is 0 Å². The third-order valence-corrected chi connectivity index (χ3v) is 5.25. The number of carbonyl (C=O) groups is 1. The quantitative estimate of drug-likeness (QED) is 0.721. The molecule has 0 bridgehead atoms. The van der Waals surface area contributed by atoms with Gasteiger partial charge in [-0.3, -0.25) is 4.90 Å². The lowest BCUT2D eigenvalue weighted by Crippen LogP contribution is -2.47. The predicted molar refractivity (Wildman–Crippen MR) is 70.5 cm³/mol. The molecule has 0 N–H and O–H groups in total. The molecule has 3 fully saturated rings. The van der Waals surface area contributed by atoms with Gasteiger partial charge in [0.2, 0.25) is 0 Å². The van der Waals surface area contributed by atoms with Crippen LogP contribution < -0.4 is 0 Å². The van der Waals surface area contributed by atoms with Crippen LogP contribution in [0.25, 0.3) is 0 Å². The molecule has 3 rings (SSSR count). The molecule has 0 aromatic rings. The molecule has 1 saturated carbocycles. The minimum atomic E-state index is -0.204. The molecule has 0 amide bonds. The van der Waals surface area contributed by atoms with Crippen molar-refractivity contribution in [3.05, 3.63) is 0 Å². The van der Waals surface area contributed by atoms with Crippen molar-refractivity contribution in [1.82, 2.24) is 4.90 Å². The van der Waals surface area contributed by atoms with E-state index in [0.717, 1.165) is 38.0 Å².